The Kier molecular flexibility index (Phi) is 24.8. The van der Waals surface area contributed by atoms with E-state index in [4.69, 9.17) is 10.7 Å². The van der Waals surface area contributed by atoms with Crippen LogP contribution in [0.5, 0.6) is 0 Å². The number of para-hydroxylation sites is 1. The van der Waals surface area contributed by atoms with E-state index in [1.54, 1.807) is 0 Å². The molecule has 1 aliphatic rings. The minimum atomic E-state index is -0.298. The van der Waals surface area contributed by atoms with Gasteiger partial charge in [0.25, 0.3) is 0 Å². The lowest BCUT2D eigenvalue weighted by molar-refractivity contribution is 0.497. The van der Waals surface area contributed by atoms with Crippen LogP contribution in [0.25, 0.3) is 10.9 Å². The van der Waals surface area contributed by atoms with E-state index < -0.39 is 0 Å². The number of nitrogens with zero attached hydrogens (tertiary/aromatic N) is 2. The van der Waals surface area contributed by atoms with Crippen molar-refractivity contribution >= 4 is 29.2 Å². The molecule has 1 heterocycles. The average Bonchev–Trinajstić information content (AvgIpc) is 3.99. The van der Waals surface area contributed by atoms with Crippen molar-refractivity contribution in [3.05, 3.63) is 156 Å². The Balaban J connectivity index is 0.000000604. The highest BCUT2D eigenvalue weighted by atomic mass is 32.1. The second-order valence-corrected chi connectivity index (χ2v) is 15.2. The van der Waals surface area contributed by atoms with Gasteiger partial charge in [0.2, 0.25) is 0 Å². The average molecular weight is 776 g/mol. The van der Waals surface area contributed by atoms with Crippen LogP contribution in [0.4, 0.5) is 5.69 Å². The molecule has 0 bridgehead atoms. The number of pyridine rings is 1. The van der Waals surface area contributed by atoms with Gasteiger partial charge in [-0.25, -0.2) is 0 Å². The van der Waals surface area contributed by atoms with E-state index in [1.807, 2.05) is 72.1 Å². The van der Waals surface area contributed by atoms with Gasteiger partial charge in [-0.2, -0.15) is 12.6 Å². The number of benzene rings is 3. The molecule has 3 aromatic carbocycles. The molecule has 0 aliphatic heterocycles. The van der Waals surface area contributed by atoms with E-state index in [9.17, 15) is 0 Å². The van der Waals surface area contributed by atoms with Gasteiger partial charge in [0.15, 0.2) is 0 Å². The first kappa shape index (κ1) is 50.2. The van der Waals surface area contributed by atoms with E-state index in [0.717, 1.165) is 68.3 Å². The topological polar surface area (TPSA) is 42.1 Å². The predicted molar refractivity (Wildman–Crippen MR) is 257 cm³/mol. The molecule has 1 atom stereocenters. The number of hydrogen-bond acceptors (Lipinski definition) is 4. The summed E-state index contributed by atoms with van der Waals surface area (Å²) in [5.74, 6) is 1.04. The predicted octanol–water partition coefficient (Wildman–Crippen LogP) is 14.3. The van der Waals surface area contributed by atoms with Crippen molar-refractivity contribution in [2.75, 3.05) is 24.7 Å². The van der Waals surface area contributed by atoms with Crippen LogP contribution in [0.3, 0.4) is 0 Å². The zero-order chi connectivity index (χ0) is 42.0. The highest BCUT2D eigenvalue weighted by Gasteiger charge is 2.39. The largest absolute Gasteiger partial charge is 0.378 e. The van der Waals surface area contributed by atoms with Crippen LogP contribution in [-0.4, -0.2) is 30.4 Å². The molecule has 2 N–H and O–H groups in total. The number of aryl methyl sites for hydroxylation is 4. The summed E-state index contributed by atoms with van der Waals surface area (Å²) < 4.78 is 0. The van der Waals surface area contributed by atoms with Crippen molar-refractivity contribution in [2.45, 2.75) is 125 Å². The normalized spacial score (nSPS) is 13.8. The molecule has 1 aromatic heterocycles. The van der Waals surface area contributed by atoms with Gasteiger partial charge in [-0.1, -0.05) is 133 Å². The molecule has 0 spiro atoms. The third-order valence-electron chi connectivity index (χ3n) is 9.96. The molecule has 4 aromatic rings. The molecule has 306 valence electrons. The molecule has 1 aliphatic carbocycles. The zero-order valence-electron chi connectivity index (χ0n) is 37.0. The van der Waals surface area contributed by atoms with E-state index in [0.29, 0.717) is 5.41 Å². The number of anilines is 1. The van der Waals surface area contributed by atoms with E-state index in [2.05, 4.69) is 137 Å². The van der Waals surface area contributed by atoms with Crippen molar-refractivity contribution in [3.8, 4) is 0 Å². The lowest BCUT2D eigenvalue weighted by Crippen LogP contribution is -2.38. The maximum atomic E-state index is 6.69. The van der Waals surface area contributed by atoms with Crippen LogP contribution >= 0.6 is 12.6 Å². The molecule has 0 amide bonds. The number of aromatic nitrogens is 1. The quantitative estimate of drug-likeness (QED) is 0.0677. The summed E-state index contributed by atoms with van der Waals surface area (Å²) in [5.41, 5.74) is 17.1. The SMILES string of the molecule is C=C/C=C(CCCc1cccc(CCc2ccc3ccc(C)cc3n2)c1)\C(=C/C)C(C)(N)CCC.C=CCC1(CS)CC1.CC.CC.CN(C)c1ccccc1. The first-order valence-electron chi connectivity index (χ1n) is 21.2. The molecular formula is C52H77N3S. The van der Waals surface area contributed by atoms with E-state index >= 15 is 0 Å². The highest BCUT2D eigenvalue weighted by molar-refractivity contribution is 7.80. The maximum absolute atomic E-state index is 6.69. The van der Waals surface area contributed by atoms with Crippen LogP contribution in [0.2, 0.25) is 0 Å². The van der Waals surface area contributed by atoms with Gasteiger partial charge < -0.3 is 10.6 Å². The Morgan fingerprint density at radius 3 is 2.05 bits per heavy atom. The fraction of sp³-hybridized carbons (Fsp3) is 0.442. The van der Waals surface area contributed by atoms with Gasteiger partial charge in [0.1, 0.15) is 0 Å². The highest BCUT2D eigenvalue weighted by Crippen LogP contribution is 2.49. The number of hydrogen-bond donors (Lipinski definition) is 2. The molecule has 1 unspecified atom stereocenters. The Morgan fingerprint density at radius 2 is 1.54 bits per heavy atom. The molecular weight excluding hydrogens is 699 g/mol. The number of nitrogens with two attached hydrogens (primary N) is 1. The van der Waals surface area contributed by atoms with E-state index in [-0.39, 0.29) is 5.54 Å². The number of allylic oxidation sites excluding steroid dienone is 4. The third kappa shape index (κ3) is 17.9. The van der Waals surface area contributed by atoms with E-state index in [1.165, 1.54) is 51.8 Å². The Bertz CT molecular complexity index is 1740. The smallest absolute Gasteiger partial charge is 0.0707 e. The molecule has 0 radical (unpaired) electrons. The monoisotopic (exact) mass is 776 g/mol. The summed E-state index contributed by atoms with van der Waals surface area (Å²) in [6.45, 7) is 24.2. The van der Waals surface area contributed by atoms with Gasteiger partial charge in [-0.3, -0.25) is 4.98 Å². The molecule has 0 saturated heterocycles. The molecule has 4 heteroatoms. The summed E-state index contributed by atoms with van der Waals surface area (Å²) in [6, 6.07) is 30.1. The molecule has 56 heavy (non-hydrogen) atoms. The summed E-state index contributed by atoms with van der Waals surface area (Å²) in [6.07, 6.45) is 19.3. The fourth-order valence-corrected chi connectivity index (χ4v) is 7.17. The minimum absolute atomic E-state index is 0.298. The Morgan fingerprint density at radius 1 is 0.893 bits per heavy atom. The van der Waals surface area contributed by atoms with Gasteiger partial charge in [0, 0.05) is 36.4 Å². The number of fused-ring (bicyclic) bond motifs is 1. The maximum Gasteiger partial charge on any atom is 0.0707 e. The Labute approximate surface area is 349 Å². The van der Waals surface area contributed by atoms with Crippen molar-refractivity contribution in [2.24, 2.45) is 11.1 Å². The summed E-state index contributed by atoms with van der Waals surface area (Å²) >= 11 is 4.25. The van der Waals surface area contributed by atoms with Gasteiger partial charge >= 0.3 is 0 Å². The third-order valence-corrected chi connectivity index (χ3v) is 10.6. The van der Waals surface area contributed by atoms with Crippen molar-refractivity contribution < 1.29 is 0 Å². The van der Waals surface area contributed by atoms with Gasteiger partial charge in [0.05, 0.1) is 5.52 Å². The summed E-state index contributed by atoms with van der Waals surface area (Å²) in [7, 11) is 4.07. The van der Waals surface area contributed by atoms with Crippen molar-refractivity contribution in [1.82, 2.24) is 4.98 Å². The lowest BCUT2D eigenvalue weighted by atomic mass is 9.81. The van der Waals surface area contributed by atoms with Gasteiger partial charge in [-0.05, 0) is 142 Å². The second-order valence-electron chi connectivity index (χ2n) is 14.9. The zero-order valence-corrected chi connectivity index (χ0v) is 37.9. The van der Waals surface area contributed by atoms with Crippen LogP contribution in [-0.2, 0) is 19.3 Å². The van der Waals surface area contributed by atoms with Crippen LogP contribution in [0.15, 0.2) is 134 Å². The van der Waals surface area contributed by atoms with Crippen LogP contribution < -0.4 is 10.6 Å². The molecule has 1 saturated carbocycles. The Hall–Kier alpha value is -3.86. The summed E-state index contributed by atoms with van der Waals surface area (Å²) in [5, 5.41) is 1.21. The first-order chi connectivity index (χ1) is 27.0. The van der Waals surface area contributed by atoms with Crippen molar-refractivity contribution in [3.63, 3.8) is 0 Å². The van der Waals surface area contributed by atoms with Crippen LogP contribution in [0, 0.1) is 12.3 Å². The lowest BCUT2D eigenvalue weighted by Gasteiger charge is -2.30. The minimum Gasteiger partial charge on any atom is -0.378 e. The molecule has 5 rings (SSSR count). The number of thiol groups is 1. The van der Waals surface area contributed by atoms with Crippen molar-refractivity contribution in [1.29, 1.82) is 0 Å². The molecule has 1 fully saturated rings. The number of rotatable bonds is 16. The van der Waals surface area contributed by atoms with Crippen LogP contribution in [0.1, 0.15) is 116 Å². The standard InChI is InChI=1S/C33H42N2.C8H11N.C7H12S.2C2H6/c1-6-11-28(31(8-3)33(5,34)22-7-2)15-10-14-26-12-9-13-27(24-26)17-20-30-21-19-29-18-16-25(4)23-32(29)35-30;1-9(2)8-6-4-3-5-7-8;1-2-3-7(6-8)4-5-7;2*1-2/h6,8-9,11-13,16,18-19,21,23-24H,1,7,10,14-15,17,20,22,34H2,2-5H3;3-7H,1-2H3;2,8H,1,3-6H2;2*1-2H3/b28-11-,31-8+;;;;. The fourth-order valence-electron chi connectivity index (χ4n) is 6.73. The first-order valence-corrected chi connectivity index (χ1v) is 21.8. The second kappa shape index (κ2) is 27.7. The molecule has 3 nitrogen and oxygen atoms in total. The van der Waals surface area contributed by atoms with Gasteiger partial charge in [-0.15, -0.1) is 6.58 Å². The summed E-state index contributed by atoms with van der Waals surface area (Å²) in [4.78, 5) is 6.97.